The van der Waals surface area contributed by atoms with Gasteiger partial charge in [0.1, 0.15) is 0 Å². The largest absolute Gasteiger partial charge is 0.449 e. The summed E-state index contributed by atoms with van der Waals surface area (Å²) in [6, 6.07) is 7.11. The van der Waals surface area contributed by atoms with Crippen LogP contribution in [0, 0.1) is 9.85 Å². The van der Waals surface area contributed by atoms with Gasteiger partial charge in [-0.1, -0.05) is 18.1 Å². The Morgan fingerprint density at radius 1 is 1.50 bits per heavy atom. The van der Waals surface area contributed by atoms with Crippen LogP contribution in [0.4, 0.5) is 0 Å². The molecule has 0 radical (unpaired) electrons. The zero-order valence-electron chi connectivity index (χ0n) is 7.09. The summed E-state index contributed by atoms with van der Waals surface area (Å²) in [5, 5.41) is 0. The van der Waals surface area contributed by atoms with E-state index in [1.807, 2.05) is 28.7 Å². The van der Waals surface area contributed by atoms with E-state index in [0.717, 1.165) is 4.47 Å². The predicted octanol–water partition coefficient (Wildman–Crippen LogP) is 3.00. The predicted molar refractivity (Wildman–Crippen MR) is 66.2 cm³/mol. The highest BCUT2D eigenvalue weighted by Gasteiger charge is 2.09. The van der Waals surface area contributed by atoms with Crippen LogP contribution >= 0.6 is 38.5 Å². The summed E-state index contributed by atoms with van der Waals surface area (Å²) in [5.74, 6) is 2.28. The van der Waals surface area contributed by atoms with Gasteiger partial charge in [0.05, 0.1) is 5.56 Å². The SMILES string of the molecule is O=C(OCC#CI)c1ccccc1Br. The Morgan fingerprint density at radius 3 is 2.86 bits per heavy atom. The van der Waals surface area contributed by atoms with Crippen molar-refractivity contribution in [1.29, 1.82) is 0 Å². The van der Waals surface area contributed by atoms with Crippen LogP contribution in [-0.4, -0.2) is 12.6 Å². The Labute approximate surface area is 104 Å². The Hall–Kier alpha value is -0.540. The van der Waals surface area contributed by atoms with Crippen molar-refractivity contribution in [1.82, 2.24) is 0 Å². The second kappa shape index (κ2) is 6.04. The van der Waals surface area contributed by atoms with Gasteiger partial charge in [-0.15, -0.1) is 0 Å². The maximum atomic E-state index is 11.4. The van der Waals surface area contributed by atoms with Crippen LogP contribution in [0.15, 0.2) is 28.7 Å². The molecule has 0 fully saturated rings. The number of carbonyl (C=O) groups is 1. The van der Waals surface area contributed by atoms with Crippen LogP contribution in [0.5, 0.6) is 0 Å². The molecule has 0 saturated heterocycles. The fourth-order valence-electron chi connectivity index (χ4n) is 0.833. The first kappa shape index (κ1) is 11.5. The molecule has 0 aromatic heterocycles. The van der Waals surface area contributed by atoms with E-state index in [2.05, 4.69) is 25.8 Å². The van der Waals surface area contributed by atoms with Crippen molar-refractivity contribution in [2.45, 2.75) is 0 Å². The molecule has 4 heteroatoms. The third-order valence-corrected chi connectivity index (χ3v) is 2.51. The maximum Gasteiger partial charge on any atom is 0.340 e. The normalized spacial score (nSPS) is 8.71. The summed E-state index contributed by atoms with van der Waals surface area (Å²) in [7, 11) is 0. The number of halogens is 2. The highest BCUT2D eigenvalue weighted by molar-refractivity contribution is 14.1. The molecule has 72 valence electrons. The summed E-state index contributed by atoms with van der Waals surface area (Å²) >= 11 is 5.16. The van der Waals surface area contributed by atoms with E-state index in [1.54, 1.807) is 18.2 Å². The van der Waals surface area contributed by atoms with Crippen LogP contribution in [0.1, 0.15) is 10.4 Å². The molecule has 0 atom stereocenters. The minimum Gasteiger partial charge on any atom is -0.449 e. The molecule has 0 aliphatic carbocycles. The molecule has 1 aromatic rings. The van der Waals surface area contributed by atoms with E-state index in [0.29, 0.717) is 5.56 Å². The Kier molecular flexibility index (Phi) is 4.98. The quantitative estimate of drug-likeness (QED) is 0.458. The highest BCUT2D eigenvalue weighted by atomic mass is 127. The number of benzene rings is 1. The zero-order valence-corrected chi connectivity index (χ0v) is 10.8. The summed E-state index contributed by atoms with van der Waals surface area (Å²) in [6.07, 6.45) is 0. The fraction of sp³-hybridized carbons (Fsp3) is 0.100. The van der Waals surface area contributed by atoms with Crippen LogP contribution in [-0.2, 0) is 4.74 Å². The maximum absolute atomic E-state index is 11.4. The molecule has 1 aromatic carbocycles. The topological polar surface area (TPSA) is 26.3 Å². The average molecular weight is 365 g/mol. The van der Waals surface area contributed by atoms with Crippen LogP contribution in [0.25, 0.3) is 0 Å². The molecule has 0 N–H and O–H groups in total. The van der Waals surface area contributed by atoms with Crippen molar-refractivity contribution in [3.05, 3.63) is 34.3 Å². The van der Waals surface area contributed by atoms with Crippen LogP contribution < -0.4 is 0 Å². The van der Waals surface area contributed by atoms with Crippen molar-refractivity contribution >= 4 is 44.5 Å². The van der Waals surface area contributed by atoms with Crippen molar-refractivity contribution in [2.75, 3.05) is 6.61 Å². The Morgan fingerprint density at radius 2 is 2.21 bits per heavy atom. The van der Waals surface area contributed by atoms with Gasteiger partial charge >= 0.3 is 5.97 Å². The molecule has 14 heavy (non-hydrogen) atoms. The average Bonchev–Trinajstić information content (AvgIpc) is 2.18. The van der Waals surface area contributed by atoms with E-state index >= 15 is 0 Å². The third kappa shape index (κ3) is 3.31. The number of rotatable bonds is 2. The first-order chi connectivity index (χ1) is 6.75. The van der Waals surface area contributed by atoms with Gasteiger partial charge in [-0.25, -0.2) is 4.79 Å². The van der Waals surface area contributed by atoms with Gasteiger partial charge in [0.25, 0.3) is 0 Å². The number of ether oxygens (including phenoxy) is 1. The third-order valence-electron chi connectivity index (χ3n) is 1.44. The molecule has 0 aliphatic rings. The first-order valence-electron chi connectivity index (χ1n) is 3.76. The van der Waals surface area contributed by atoms with E-state index in [-0.39, 0.29) is 12.6 Å². The number of hydrogen-bond acceptors (Lipinski definition) is 2. The van der Waals surface area contributed by atoms with Gasteiger partial charge in [0, 0.05) is 27.1 Å². The summed E-state index contributed by atoms with van der Waals surface area (Å²) in [4.78, 5) is 11.4. The van der Waals surface area contributed by atoms with E-state index in [9.17, 15) is 4.79 Å². The molecule has 0 bridgehead atoms. The van der Waals surface area contributed by atoms with E-state index < -0.39 is 0 Å². The zero-order chi connectivity index (χ0) is 10.4. The standard InChI is InChI=1S/C10H6BrIO2/c11-9-5-2-1-4-8(9)10(13)14-7-3-6-12/h1-2,4-5H,7H2. The van der Waals surface area contributed by atoms with Gasteiger partial charge in [0.2, 0.25) is 0 Å². The molecular weight excluding hydrogens is 359 g/mol. The minimum absolute atomic E-state index is 0.128. The smallest absolute Gasteiger partial charge is 0.340 e. The molecule has 1 rings (SSSR count). The molecule has 2 nitrogen and oxygen atoms in total. The van der Waals surface area contributed by atoms with Crippen molar-refractivity contribution in [2.24, 2.45) is 0 Å². The molecule has 0 unspecified atom stereocenters. The van der Waals surface area contributed by atoms with Crippen molar-refractivity contribution in [3.8, 4) is 9.85 Å². The Balaban J connectivity index is 2.68. The lowest BCUT2D eigenvalue weighted by atomic mass is 10.2. The summed E-state index contributed by atoms with van der Waals surface area (Å²) in [6.45, 7) is 0.128. The van der Waals surface area contributed by atoms with Crippen LogP contribution in [0.3, 0.4) is 0 Å². The number of esters is 1. The van der Waals surface area contributed by atoms with E-state index in [1.165, 1.54) is 0 Å². The molecule has 0 amide bonds. The summed E-state index contributed by atoms with van der Waals surface area (Å²) in [5.41, 5.74) is 0.516. The molecule has 0 spiro atoms. The molecule has 0 aliphatic heterocycles. The number of carbonyl (C=O) groups excluding carboxylic acids is 1. The van der Waals surface area contributed by atoms with Gasteiger partial charge in [-0.05, 0) is 32.0 Å². The first-order valence-corrected chi connectivity index (χ1v) is 5.63. The summed E-state index contributed by atoms with van der Waals surface area (Å²) < 4.78 is 8.25. The lowest BCUT2D eigenvalue weighted by Crippen LogP contribution is -2.05. The van der Waals surface area contributed by atoms with Crippen molar-refractivity contribution < 1.29 is 9.53 Å². The van der Waals surface area contributed by atoms with Gasteiger partial charge < -0.3 is 4.74 Å². The van der Waals surface area contributed by atoms with Gasteiger partial charge in [-0.3, -0.25) is 0 Å². The van der Waals surface area contributed by atoms with Crippen LogP contribution in [0.2, 0.25) is 0 Å². The second-order valence-corrected chi connectivity index (χ2v) is 3.72. The van der Waals surface area contributed by atoms with Crippen molar-refractivity contribution in [3.63, 3.8) is 0 Å². The minimum atomic E-state index is -0.364. The number of hydrogen-bond donors (Lipinski definition) is 0. The highest BCUT2D eigenvalue weighted by Crippen LogP contribution is 2.16. The molecule has 0 saturated carbocycles. The lowest BCUT2D eigenvalue weighted by molar-refractivity contribution is 0.0555. The van der Waals surface area contributed by atoms with Gasteiger partial charge in [-0.2, -0.15) is 0 Å². The second-order valence-electron chi connectivity index (χ2n) is 2.33. The monoisotopic (exact) mass is 364 g/mol. The molecule has 0 heterocycles. The Bertz CT molecular complexity index is 393. The fourth-order valence-corrected chi connectivity index (χ4v) is 1.44. The van der Waals surface area contributed by atoms with E-state index in [4.69, 9.17) is 4.74 Å². The molecular formula is C10H6BrIO2. The lowest BCUT2D eigenvalue weighted by Gasteiger charge is -2.02. The van der Waals surface area contributed by atoms with Gasteiger partial charge in [0.15, 0.2) is 6.61 Å².